The fraction of sp³-hybridized carbons (Fsp3) is 0.333. The zero-order valence-corrected chi connectivity index (χ0v) is 15.7. The second-order valence-corrected chi connectivity index (χ2v) is 6.49. The lowest BCUT2D eigenvalue weighted by Gasteiger charge is -2.42. The minimum Gasteiger partial charge on any atom is -0.453 e. The Bertz CT molecular complexity index is 744. The molecular weight excluding hydrogens is 362 g/mol. The van der Waals surface area contributed by atoms with Crippen LogP contribution < -0.4 is 5.73 Å². The summed E-state index contributed by atoms with van der Waals surface area (Å²) in [6.45, 7) is 1.75. The lowest BCUT2D eigenvalue weighted by atomic mass is 9.97. The number of carbonyl (C=O) groups is 2. The molecule has 7 heteroatoms. The van der Waals surface area contributed by atoms with Crippen LogP contribution in [0.4, 0.5) is 0 Å². The second-order valence-electron chi connectivity index (χ2n) is 6.49. The first kappa shape index (κ1) is 20.0. The number of rotatable bonds is 5. The number of methoxy groups -OCH3 is 1. The summed E-state index contributed by atoms with van der Waals surface area (Å²) in [6, 6.07) is 16.3. The van der Waals surface area contributed by atoms with Crippen LogP contribution in [0.15, 0.2) is 60.7 Å². The number of ether oxygens (including phenoxy) is 4. The molecule has 2 aromatic rings. The van der Waals surface area contributed by atoms with E-state index in [1.165, 1.54) is 7.11 Å². The summed E-state index contributed by atoms with van der Waals surface area (Å²) in [5.74, 6) is -1.15. The maximum absolute atomic E-state index is 12.6. The van der Waals surface area contributed by atoms with E-state index in [-0.39, 0.29) is 0 Å². The van der Waals surface area contributed by atoms with Crippen molar-refractivity contribution < 1.29 is 28.5 Å². The Morgan fingerprint density at radius 1 is 0.857 bits per heavy atom. The molecule has 0 aromatic heterocycles. The number of hydrogen-bond acceptors (Lipinski definition) is 7. The van der Waals surface area contributed by atoms with Gasteiger partial charge in [0.2, 0.25) is 0 Å². The van der Waals surface area contributed by atoms with Crippen LogP contribution in [0.1, 0.15) is 27.6 Å². The van der Waals surface area contributed by atoms with Crippen LogP contribution in [0.25, 0.3) is 0 Å². The summed E-state index contributed by atoms with van der Waals surface area (Å²) in [5, 5.41) is 0. The van der Waals surface area contributed by atoms with E-state index in [4.69, 9.17) is 24.7 Å². The van der Waals surface area contributed by atoms with Gasteiger partial charge in [0.1, 0.15) is 0 Å². The third kappa shape index (κ3) is 4.39. The zero-order valence-electron chi connectivity index (χ0n) is 15.7. The van der Waals surface area contributed by atoms with Crippen molar-refractivity contribution in [1.29, 1.82) is 0 Å². The number of nitrogens with two attached hydrogens (primary N) is 1. The van der Waals surface area contributed by atoms with Gasteiger partial charge in [-0.1, -0.05) is 36.4 Å². The van der Waals surface area contributed by atoms with E-state index in [0.717, 1.165) is 0 Å². The minimum absolute atomic E-state index is 0.359. The molecule has 1 heterocycles. The van der Waals surface area contributed by atoms with Crippen molar-refractivity contribution in [3.63, 3.8) is 0 Å². The second kappa shape index (κ2) is 8.97. The number of benzene rings is 2. The smallest absolute Gasteiger partial charge is 0.338 e. The van der Waals surface area contributed by atoms with Gasteiger partial charge in [0.15, 0.2) is 18.5 Å². The van der Waals surface area contributed by atoms with Crippen LogP contribution >= 0.6 is 0 Å². The van der Waals surface area contributed by atoms with Crippen molar-refractivity contribution in [2.24, 2.45) is 5.73 Å². The molecule has 2 N–H and O–H groups in total. The Balaban J connectivity index is 1.83. The Hall–Kier alpha value is -2.74. The number of carbonyl (C=O) groups excluding carboxylic acids is 2. The van der Waals surface area contributed by atoms with Gasteiger partial charge < -0.3 is 24.7 Å². The van der Waals surface area contributed by atoms with Gasteiger partial charge in [-0.15, -0.1) is 0 Å². The highest BCUT2D eigenvalue weighted by Gasteiger charge is 2.48. The Labute approximate surface area is 163 Å². The molecule has 2 aromatic carbocycles. The molecule has 28 heavy (non-hydrogen) atoms. The van der Waals surface area contributed by atoms with E-state index in [1.54, 1.807) is 67.6 Å². The highest BCUT2D eigenvalue weighted by atomic mass is 16.7. The minimum atomic E-state index is -1.02. The molecule has 0 saturated carbocycles. The van der Waals surface area contributed by atoms with Crippen LogP contribution in [0.2, 0.25) is 0 Å². The highest BCUT2D eigenvalue weighted by molar-refractivity contribution is 5.90. The van der Waals surface area contributed by atoms with E-state index in [1.807, 2.05) is 0 Å². The average Bonchev–Trinajstić information content (AvgIpc) is 2.74. The van der Waals surface area contributed by atoms with Crippen LogP contribution in [-0.4, -0.2) is 49.7 Å². The summed E-state index contributed by atoms with van der Waals surface area (Å²) in [6.07, 6.45) is -3.34. The molecule has 0 unspecified atom stereocenters. The standard InChI is InChI=1S/C21H23NO6/c1-13-16(22)17(27-19(23)14-9-5-3-6-10-14)18(21(25-2)26-13)28-20(24)15-11-7-4-8-12-15/h3-13,16-18,21H,22H2,1-2H3/t13-,16-,17+,18-,21-/m1/s1. The van der Waals surface area contributed by atoms with E-state index in [0.29, 0.717) is 11.1 Å². The van der Waals surface area contributed by atoms with Crippen LogP contribution in [0, 0.1) is 0 Å². The normalized spacial score (nSPS) is 27.0. The number of esters is 2. The quantitative estimate of drug-likeness (QED) is 0.788. The van der Waals surface area contributed by atoms with Gasteiger partial charge in [-0.25, -0.2) is 9.59 Å². The third-order valence-corrected chi connectivity index (χ3v) is 4.60. The molecule has 7 nitrogen and oxygen atoms in total. The van der Waals surface area contributed by atoms with Gasteiger partial charge in [0.05, 0.1) is 23.3 Å². The molecule has 1 fully saturated rings. The zero-order chi connectivity index (χ0) is 20.1. The Morgan fingerprint density at radius 3 is 1.79 bits per heavy atom. The molecule has 0 radical (unpaired) electrons. The van der Waals surface area contributed by atoms with E-state index in [9.17, 15) is 9.59 Å². The molecule has 0 aliphatic carbocycles. The summed E-state index contributed by atoms with van der Waals surface area (Å²) in [5.41, 5.74) is 6.95. The lowest BCUT2D eigenvalue weighted by molar-refractivity contribution is -0.259. The molecule has 0 bridgehead atoms. The molecule has 0 spiro atoms. The van der Waals surface area contributed by atoms with Crippen molar-refractivity contribution in [2.75, 3.05) is 7.11 Å². The van der Waals surface area contributed by atoms with Crippen LogP contribution in [-0.2, 0) is 18.9 Å². The van der Waals surface area contributed by atoms with Crippen LogP contribution in [0.5, 0.6) is 0 Å². The molecule has 1 aliphatic rings. The molecule has 5 atom stereocenters. The maximum atomic E-state index is 12.6. The Kier molecular flexibility index (Phi) is 6.41. The third-order valence-electron chi connectivity index (χ3n) is 4.60. The topological polar surface area (TPSA) is 97.1 Å². The fourth-order valence-electron chi connectivity index (χ4n) is 3.01. The highest BCUT2D eigenvalue weighted by Crippen LogP contribution is 2.27. The maximum Gasteiger partial charge on any atom is 0.338 e. The first-order valence-corrected chi connectivity index (χ1v) is 8.97. The largest absolute Gasteiger partial charge is 0.453 e. The lowest BCUT2D eigenvalue weighted by Crippen LogP contribution is -2.63. The molecule has 148 valence electrons. The predicted octanol–water partition coefficient (Wildman–Crippen LogP) is 2.16. The molecule has 0 amide bonds. The molecule has 3 rings (SSSR count). The summed E-state index contributed by atoms with van der Waals surface area (Å²) < 4.78 is 22.3. The summed E-state index contributed by atoms with van der Waals surface area (Å²) in [4.78, 5) is 25.1. The fourth-order valence-corrected chi connectivity index (χ4v) is 3.01. The van der Waals surface area contributed by atoms with Gasteiger partial charge in [-0.2, -0.15) is 0 Å². The predicted molar refractivity (Wildman–Crippen MR) is 101 cm³/mol. The SMILES string of the molecule is CO[C@@H]1O[C@H](C)[C@@H](N)[C@H](OC(=O)c2ccccc2)[C@H]1OC(=O)c1ccccc1. The van der Waals surface area contributed by atoms with E-state index in [2.05, 4.69) is 0 Å². The van der Waals surface area contributed by atoms with Gasteiger partial charge in [0.25, 0.3) is 0 Å². The molecule has 1 aliphatic heterocycles. The van der Waals surface area contributed by atoms with Crippen molar-refractivity contribution >= 4 is 11.9 Å². The van der Waals surface area contributed by atoms with Crippen molar-refractivity contribution in [1.82, 2.24) is 0 Å². The average molecular weight is 385 g/mol. The van der Waals surface area contributed by atoms with Gasteiger partial charge in [-0.3, -0.25) is 0 Å². The monoisotopic (exact) mass is 385 g/mol. The van der Waals surface area contributed by atoms with Crippen molar-refractivity contribution in [3.8, 4) is 0 Å². The van der Waals surface area contributed by atoms with Crippen molar-refractivity contribution in [3.05, 3.63) is 71.8 Å². The van der Waals surface area contributed by atoms with E-state index < -0.39 is 42.6 Å². The molecular formula is C21H23NO6. The summed E-state index contributed by atoms with van der Waals surface area (Å²) in [7, 11) is 1.42. The Morgan fingerprint density at radius 2 is 1.32 bits per heavy atom. The first-order chi connectivity index (χ1) is 13.5. The van der Waals surface area contributed by atoms with E-state index >= 15 is 0 Å². The van der Waals surface area contributed by atoms with Crippen LogP contribution in [0.3, 0.4) is 0 Å². The van der Waals surface area contributed by atoms with Gasteiger partial charge in [-0.05, 0) is 31.2 Å². The van der Waals surface area contributed by atoms with Gasteiger partial charge >= 0.3 is 11.9 Å². The van der Waals surface area contributed by atoms with Crippen molar-refractivity contribution in [2.45, 2.75) is 37.6 Å². The summed E-state index contributed by atoms with van der Waals surface area (Å²) >= 11 is 0. The number of hydrogen-bond donors (Lipinski definition) is 1. The molecule has 1 saturated heterocycles. The van der Waals surface area contributed by atoms with Gasteiger partial charge in [0, 0.05) is 7.11 Å². The first-order valence-electron chi connectivity index (χ1n) is 8.97.